The summed E-state index contributed by atoms with van der Waals surface area (Å²) < 4.78 is 5.32. The van der Waals surface area contributed by atoms with E-state index in [1.807, 2.05) is 13.0 Å². The van der Waals surface area contributed by atoms with E-state index in [2.05, 4.69) is 28.3 Å². The maximum Gasteiger partial charge on any atom is 0.407 e. The molecule has 0 fully saturated rings. The summed E-state index contributed by atoms with van der Waals surface area (Å²) in [6.45, 7) is 3.82. The predicted octanol–water partition coefficient (Wildman–Crippen LogP) is 2.19. The summed E-state index contributed by atoms with van der Waals surface area (Å²) in [4.78, 5) is 18.0. The van der Waals surface area contributed by atoms with Gasteiger partial charge in [0.1, 0.15) is 6.10 Å². The third-order valence-electron chi connectivity index (χ3n) is 3.22. The zero-order valence-electron chi connectivity index (χ0n) is 12.2. The standard InChI is InChI=1S/C14H25N3O2/c1-12-16-10-6-4-5-8-13(19-14(18)15-2)9-7-11-17(12)3/h5,8,13H,4,6-7,9-11H2,1-3H3,(H,15,18)/b8-5+,16-12-. The van der Waals surface area contributed by atoms with Gasteiger partial charge in [0.25, 0.3) is 0 Å². The number of amidine groups is 1. The van der Waals surface area contributed by atoms with Crippen molar-refractivity contribution in [1.82, 2.24) is 10.2 Å². The van der Waals surface area contributed by atoms with E-state index in [1.54, 1.807) is 7.05 Å². The molecule has 1 N–H and O–H groups in total. The Hall–Kier alpha value is -1.52. The lowest BCUT2D eigenvalue weighted by Gasteiger charge is -2.21. The van der Waals surface area contributed by atoms with Crippen LogP contribution < -0.4 is 5.32 Å². The number of nitrogens with one attached hydrogen (secondary N) is 1. The van der Waals surface area contributed by atoms with Gasteiger partial charge in [-0.3, -0.25) is 4.99 Å². The average Bonchev–Trinajstić information content (AvgIpc) is 2.40. The Morgan fingerprint density at radius 1 is 1.53 bits per heavy atom. The van der Waals surface area contributed by atoms with Crippen molar-refractivity contribution in [2.75, 3.05) is 27.2 Å². The molecule has 1 aliphatic heterocycles. The molecular weight excluding hydrogens is 242 g/mol. The first kappa shape index (κ1) is 15.5. The number of carbonyl (C=O) groups excluding carboxylic acids is 1. The van der Waals surface area contributed by atoms with Crippen molar-refractivity contribution in [3.05, 3.63) is 12.2 Å². The van der Waals surface area contributed by atoms with Crippen molar-refractivity contribution < 1.29 is 9.53 Å². The highest BCUT2D eigenvalue weighted by Gasteiger charge is 2.11. The highest BCUT2D eigenvalue weighted by molar-refractivity contribution is 5.79. The lowest BCUT2D eigenvalue weighted by molar-refractivity contribution is 0.115. The summed E-state index contributed by atoms with van der Waals surface area (Å²) in [5, 5.41) is 2.49. The zero-order chi connectivity index (χ0) is 14.1. The third kappa shape index (κ3) is 6.27. The van der Waals surface area contributed by atoms with Crippen LogP contribution in [0.1, 0.15) is 32.6 Å². The Morgan fingerprint density at radius 3 is 3.05 bits per heavy atom. The first-order valence-electron chi connectivity index (χ1n) is 6.90. The van der Waals surface area contributed by atoms with Crippen LogP contribution in [0.3, 0.4) is 0 Å². The van der Waals surface area contributed by atoms with Gasteiger partial charge in [-0.2, -0.15) is 0 Å². The lowest BCUT2D eigenvalue weighted by atomic mass is 10.1. The second kappa shape index (κ2) is 8.56. The Balaban J connectivity index is 2.57. The van der Waals surface area contributed by atoms with Crippen LogP contribution >= 0.6 is 0 Å². The predicted molar refractivity (Wildman–Crippen MR) is 77.5 cm³/mol. The number of allylic oxidation sites excluding steroid dienone is 1. The summed E-state index contributed by atoms with van der Waals surface area (Å²) in [6.07, 6.45) is 7.37. The third-order valence-corrected chi connectivity index (χ3v) is 3.22. The second-order valence-corrected chi connectivity index (χ2v) is 4.76. The van der Waals surface area contributed by atoms with Gasteiger partial charge in [0, 0.05) is 27.2 Å². The molecule has 0 saturated carbocycles. The van der Waals surface area contributed by atoms with E-state index in [0.29, 0.717) is 0 Å². The maximum absolute atomic E-state index is 11.3. The van der Waals surface area contributed by atoms with Crippen LogP contribution in [0, 0.1) is 0 Å². The molecule has 1 rings (SSSR count). The van der Waals surface area contributed by atoms with Crippen LogP contribution in [0.2, 0.25) is 0 Å². The van der Waals surface area contributed by atoms with Crippen molar-refractivity contribution >= 4 is 11.9 Å². The van der Waals surface area contributed by atoms with Crippen molar-refractivity contribution in [2.24, 2.45) is 4.99 Å². The van der Waals surface area contributed by atoms with Gasteiger partial charge in [0.15, 0.2) is 0 Å². The molecule has 1 heterocycles. The minimum atomic E-state index is -0.368. The fourth-order valence-electron chi connectivity index (χ4n) is 1.90. The summed E-state index contributed by atoms with van der Waals surface area (Å²) in [5.41, 5.74) is 0. The molecule has 1 aliphatic rings. The average molecular weight is 267 g/mol. The fourth-order valence-corrected chi connectivity index (χ4v) is 1.90. The molecule has 1 unspecified atom stereocenters. The van der Waals surface area contributed by atoms with E-state index in [0.717, 1.165) is 44.6 Å². The van der Waals surface area contributed by atoms with Gasteiger partial charge in [0.05, 0.1) is 5.84 Å². The molecule has 0 aromatic heterocycles. The van der Waals surface area contributed by atoms with Gasteiger partial charge < -0.3 is 15.0 Å². The molecule has 1 atom stereocenters. The molecule has 5 nitrogen and oxygen atoms in total. The van der Waals surface area contributed by atoms with E-state index in [4.69, 9.17) is 4.74 Å². The van der Waals surface area contributed by atoms with Crippen LogP contribution in [-0.2, 0) is 4.74 Å². The molecule has 1 amide bonds. The summed E-state index contributed by atoms with van der Waals surface area (Å²) >= 11 is 0. The van der Waals surface area contributed by atoms with Crippen LogP contribution in [-0.4, -0.2) is 50.1 Å². The van der Waals surface area contributed by atoms with Crippen molar-refractivity contribution in [3.8, 4) is 0 Å². The smallest absolute Gasteiger partial charge is 0.407 e. The summed E-state index contributed by atoms with van der Waals surface area (Å²) in [7, 11) is 3.63. The number of carbonyl (C=O) groups is 1. The van der Waals surface area contributed by atoms with Crippen molar-refractivity contribution in [3.63, 3.8) is 0 Å². The van der Waals surface area contributed by atoms with Crippen molar-refractivity contribution in [1.29, 1.82) is 0 Å². The molecule has 108 valence electrons. The monoisotopic (exact) mass is 267 g/mol. The molecule has 0 aliphatic carbocycles. The van der Waals surface area contributed by atoms with Gasteiger partial charge >= 0.3 is 6.09 Å². The van der Waals surface area contributed by atoms with Crippen LogP contribution in [0.15, 0.2) is 17.1 Å². The zero-order valence-corrected chi connectivity index (χ0v) is 12.2. The molecule has 0 saturated heterocycles. The molecular formula is C14H25N3O2. The van der Waals surface area contributed by atoms with Crippen LogP contribution in [0.4, 0.5) is 4.79 Å². The van der Waals surface area contributed by atoms with Gasteiger partial charge in [0.2, 0.25) is 0 Å². The van der Waals surface area contributed by atoms with Gasteiger partial charge in [-0.05, 0) is 38.7 Å². The Kier molecular flexibility index (Phi) is 7.00. The normalized spacial score (nSPS) is 26.4. The molecule has 5 heteroatoms. The van der Waals surface area contributed by atoms with Gasteiger partial charge in [-0.1, -0.05) is 6.08 Å². The topological polar surface area (TPSA) is 53.9 Å². The first-order valence-corrected chi connectivity index (χ1v) is 6.90. The van der Waals surface area contributed by atoms with Crippen LogP contribution in [0.5, 0.6) is 0 Å². The Morgan fingerprint density at radius 2 is 2.32 bits per heavy atom. The first-order chi connectivity index (χ1) is 9.13. The number of nitrogens with zero attached hydrogens (tertiary/aromatic N) is 2. The highest BCUT2D eigenvalue weighted by atomic mass is 16.6. The van der Waals surface area contributed by atoms with E-state index in [1.165, 1.54) is 0 Å². The second-order valence-electron chi connectivity index (χ2n) is 4.76. The Bertz CT molecular complexity index is 340. The lowest BCUT2D eigenvalue weighted by Crippen LogP contribution is -2.28. The number of alkyl carbamates (subject to hydrolysis) is 1. The number of aliphatic imine (C=N–C) groups is 1. The Labute approximate surface area is 115 Å². The summed E-state index contributed by atoms with van der Waals surface area (Å²) in [5.74, 6) is 1.08. The molecule has 19 heavy (non-hydrogen) atoms. The van der Waals surface area contributed by atoms with E-state index in [9.17, 15) is 4.79 Å². The van der Waals surface area contributed by atoms with Gasteiger partial charge in [-0.15, -0.1) is 0 Å². The molecule has 0 aromatic carbocycles. The fraction of sp³-hybridized carbons (Fsp3) is 0.714. The highest BCUT2D eigenvalue weighted by Crippen LogP contribution is 2.08. The SMILES string of the molecule is CNC(=O)OC1/C=C/CCC/N=C(/C)N(C)CCC1. The minimum Gasteiger partial charge on any atom is -0.442 e. The largest absolute Gasteiger partial charge is 0.442 e. The quantitative estimate of drug-likeness (QED) is 0.741. The number of ether oxygens (including phenoxy) is 1. The van der Waals surface area contributed by atoms with E-state index < -0.39 is 0 Å². The van der Waals surface area contributed by atoms with Crippen LogP contribution in [0.25, 0.3) is 0 Å². The number of hydrogen-bond acceptors (Lipinski definition) is 4. The molecule has 0 aromatic rings. The molecule has 0 radical (unpaired) electrons. The molecule has 0 spiro atoms. The van der Waals surface area contributed by atoms with E-state index >= 15 is 0 Å². The molecule has 0 bridgehead atoms. The number of rotatable bonds is 1. The minimum absolute atomic E-state index is 0.134. The van der Waals surface area contributed by atoms with E-state index in [-0.39, 0.29) is 12.2 Å². The summed E-state index contributed by atoms with van der Waals surface area (Å²) in [6, 6.07) is 0. The number of hydrogen-bond donors (Lipinski definition) is 1. The number of amides is 1. The maximum atomic E-state index is 11.3. The van der Waals surface area contributed by atoms with Gasteiger partial charge in [-0.25, -0.2) is 4.79 Å². The van der Waals surface area contributed by atoms with Crippen molar-refractivity contribution in [2.45, 2.75) is 38.7 Å².